The number of nitrogens with one attached hydrogen (secondary N) is 1. The molecule has 3 aliphatic rings. The third-order valence-corrected chi connectivity index (χ3v) is 7.93. The Morgan fingerprint density at radius 1 is 1.18 bits per heavy atom. The van der Waals surface area contributed by atoms with Gasteiger partial charge in [-0.3, -0.25) is 10.1 Å². The van der Waals surface area contributed by atoms with Gasteiger partial charge in [-0.2, -0.15) is 5.10 Å². The topological polar surface area (TPSA) is 72.4 Å². The van der Waals surface area contributed by atoms with E-state index in [1.807, 2.05) is 71.7 Å². The molecule has 2 atom stereocenters. The lowest BCUT2D eigenvalue weighted by atomic mass is 9.95. The second-order valence-electron chi connectivity index (χ2n) is 10.0. The van der Waals surface area contributed by atoms with Crippen LogP contribution in [-0.2, 0) is 0 Å². The van der Waals surface area contributed by atoms with Crippen LogP contribution < -0.4 is 19.5 Å². The summed E-state index contributed by atoms with van der Waals surface area (Å²) in [6.45, 7) is 4.78. The van der Waals surface area contributed by atoms with Crippen molar-refractivity contribution in [1.82, 2.24) is 10.3 Å². The van der Waals surface area contributed by atoms with Crippen molar-refractivity contribution in [2.75, 3.05) is 13.7 Å². The molecule has 1 saturated heterocycles. The van der Waals surface area contributed by atoms with E-state index in [1.54, 1.807) is 13.2 Å². The summed E-state index contributed by atoms with van der Waals surface area (Å²) in [5, 5.41) is 10.4. The molecular formula is C30H28ClN3O4S. The highest BCUT2D eigenvalue weighted by atomic mass is 35.5. The summed E-state index contributed by atoms with van der Waals surface area (Å²) in [5.74, 6) is 1.04. The SMILES string of the molecule is COc1cc(/C=C2\SC(=O)NC23Oc2ccc(Cl)cc2C2CC(c4ccccc4)=NN23)ccc1OCC(C)C. The Hall–Kier alpha value is -3.62. The summed E-state index contributed by atoms with van der Waals surface area (Å²) in [7, 11) is 1.62. The Morgan fingerprint density at radius 2 is 2.00 bits per heavy atom. The Kier molecular flexibility index (Phi) is 6.69. The molecule has 3 heterocycles. The van der Waals surface area contributed by atoms with Crippen molar-refractivity contribution >= 4 is 40.4 Å². The van der Waals surface area contributed by atoms with Crippen LogP contribution in [0.2, 0.25) is 5.02 Å². The number of benzene rings is 3. The smallest absolute Gasteiger partial charge is 0.314 e. The number of nitrogens with zero attached hydrogens (tertiary/aromatic N) is 2. The van der Waals surface area contributed by atoms with Crippen LogP contribution in [0.4, 0.5) is 4.79 Å². The van der Waals surface area contributed by atoms with E-state index in [9.17, 15) is 4.79 Å². The van der Waals surface area contributed by atoms with E-state index in [0.717, 1.165) is 34.2 Å². The molecule has 3 aromatic carbocycles. The van der Waals surface area contributed by atoms with E-state index >= 15 is 0 Å². The van der Waals surface area contributed by atoms with Crippen LogP contribution in [-0.4, -0.2) is 35.5 Å². The van der Waals surface area contributed by atoms with Crippen molar-refractivity contribution in [3.05, 3.63) is 93.3 Å². The number of thioether (sulfide) groups is 1. The van der Waals surface area contributed by atoms with E-state index in [1.165, 1.54) is 0 Å². The van der Waals surface area contributed by atoms with Crippen LogP contribution in [0.1, 0.15) is 43.0 Å². The van der Waals surface area contributed by atoms with Gasteiger partial charge in [0.05, 0.1) is 30.4 Å². The number of amides is 1. The van der Waals surface area contributed by atoms with Crippen LogP contribution in [0.5, 0.6) is 17.2 Å². The molecule has 3 aliphatic heterocycles. The predicted molar refractivity (Wildman–Crippen MR) is 154 cm³/mol. The third-order valence-electron chi connectivity index (χ3n) is 6.79. The summed E-state index contributed by atoms with van der Waals surface area (Å²) in [4.78, 5) is 13.6. The first kappa shape index (κ1) is 25.6. The first-order valence-corrected chi connectivity index (χ1v) is 14.0. The number of carbonyl (C=O) groups excluding carboxylic acids is 1. The summed E-state index contributed by atoms with van der Waals surface area (Å²) >= 11 is 7.49. The lowest BCUT2D eigenvalue weighted by molar-refractivity contribution is -0.0949. The zero-order valence-electron chi connectivity index (χ0n) is 21.8. The molecule has 200 valence electrons. The zero-order chi connectivity index (χ0) is 27.1. The summed E-state index contributed by atoms with van der Waals surface area (Å²) in [5.41, 5.74) is 3.71. The van der Waals surface area contributed by atoms with Crippen LogP contribution in [0.15, 0.2) is 76.7 Å². The predicted octanol–water partition coefficient (Wildman–Crippen LogP) is 7.08. The molecule has 6 rings (SSSR count). The highest BCUT2D eigenvalue weighted by Gasteiger charge is 2.58. The largest absolute Gasteiger partial charge is 0.493 e. The minimum atomic E-state index is -1.30. The van der Waals surface area contributed by atoms with Gasteiger partial charge < -0.3 is 14.2 Å². The summed E-state index contributed by atoms with van der Waals surface area (Å²) < 4.78 is 18.2. The van der Waals surface area contributed by atoms with E-state index in [4.69, 9.17) is 30.9 Å². The molecule has 1 N–H and O–H groups in total. The minimum Gasteiger partial charge on any atom is -0.493 e. The maximum atomic E-state index is 12.9. The molecule has 0 aliphatic carbocycles. The molecule has 9 heteroatoms. The monoisotopic (exact) mass is 561 g/mol. The van der Waals surface area contributed by atoms with Gasteiger partial charge in [-0.25, -0.2) is 5.01 Å². The number of methoxy groups -OCH3 is 1. The summed E-state index contributed by atoms with van der Waals surface area (Å²) in [6.07, 6.45) is 2.58. The number of hydrazone groups is 1. The molecule has 2 unspecified atom stereocenters. The zero-order valence-corrected chi connectivity index (χ0v) is 23.4. The number of hydrogen-bond donors (Lipinski definition) is 1. The first-order valence-electron chi connectivity index (χ1n) is 12.8. The van der Waals surface area contributed by atoms with Crippen LogP contribution >= 0.6 is 23.4 Å². The van der Waals surface area contributed by atoms with Gasteiger partial charge in [-0.15, -0.1) is 0 Å². The molecule has 1 spiro atoms. The molecule has 1 amide bonds. The molecule has 0 aromatic heterocycles. The second kappa shape index (κ2) is 10.2. The third kappa shape index (κ3) is 4.72. The second-order valence-corrected chi connectivity index (χ2v) is 11.5. The van der Waals surface area contributed by atoms with Gasteiger partial charge in [0.25, 0.3) is 5.24 Å². The van der Waals surface area contributed by atoms with Gasteiger partial charge in [0.2, 0.25) is 0 Å². The molecular weight excluding hydrogens is 534 g/mol. The molecule has 1 fully saturated rings. The van der Waals surface area contributed by atoms with Gasteiger partial charge >= 0.3 is 5.85 Å². The Bertz CT molecular complexity index is 1490. The maximum absolute atomic E-state index is 12.9. The number of halogens is 1. The molecule has 0 radical (unpaired) electrons. The fraction of sp³-hybridized carbons (Fsp3) is 0.267. The van der Waals surface area contributed by atoms with Gasteiger partial charge in [-0.05, 0) is 65.2 Å². The van der Waals surface area contributed by atoms with Gasteiger partial charge in [0.15, 0.2) is 11.5 Å². The van der Waals surface area contributed by atoms with Crippen molar-refractivity contribution in [1.29, 1.82) is 0 Å². The van der Waals surface area contributed by atoms with Gasteiger partial charge in [0, 0.05) is 17.0 Å². The van der Waals surface area contributed by atoms with Crippen molar-refractivity contribution in [2.24, 2.45) is 11.0 Å². The van der Waals surface area contributed by atoms with E-state index in [-0.39, 0.29) is 11.3 Å². The summed E-state index contributed by atoms with van der Waals surface area (Å²) in [6, 6.07) is 21.2. The lowest BCUT2D eigenvalue weighted by Gasteiger charge is -2.45. The molecule has 3 aromatic rings. The van der Waals surface area contributed by atoms with Crippen LogP contribution in [0.25, 0.3) is 6.08 Å². The molecule has 39 heavy (non-hydrogen) atoms. The lowest BCUT2D eigenvalue weighted by Crippen LogP contribution is -2.61. The first-order chi connectivity index (χ1) is 18.9. The van der Waals surface area contributed by atoms with Crippen LogP contribution in [0, 0.1) is 5.92 Å². The van der Waals surface area contributed by atoms with Crippen molar-refractivity contribution in [3.63, 3.8) is 0 Å². The van der Waals surface area contributed by atoms with Crippen molar-refractivity contribution in [2.45, 2.75) is 32.2 Å². The Balaban J connectivity index is 1.44. The minimum absolute atomic E-state index is 0.175. The Labute approximate surface area is 236 Å². The number of ether oxygens (including phenoxy) is 3. The molecule has 7 nitrogen and oxygen atoms in total. The Morgan fingerprint density at radius 3 is 2.77 bits per heavy atom. The normalized spacial score (nSPS) is 22.4. The van der Waals surface area contributed by atoms with E-state index in [2.05, 4.69) is 19.2 Å². The van der Waals surface area contributed by atoms with Crippen molar-refractivity contribution in [3.8, 4) is 17.2 Å². The van der Waals surface area contributed by atoms with E-state index < -0.39 is 5.85 Å². The average molecular weight is 562 g/mol. The van der Waals surface area contributed by atoms with Crippen LogP contribution in [0.3, 0.4) is 0 Å². The van der Waals surface area contributed by atoms with E-state index in [0.29, 0.717) is 46.1 Å². The highest BCUT2D eigenvalue weighted by Crippen LogP contribution is 2.53. The highest BCUT2D eigenvalue weighted by molar-refractivity contribution is 8.17. The molecule has 0 bridgehead atoms. The number of rotatable bonds is 6. The molecule has 0 saturated carbocycles. The maximum Gasteiger partial charge on any atom is 0.314 e. The quantitative estimate of drug-likeness (QED) is 0.347. The fourth-order valence-electron chi connectivity index (χ4n) is 5.00. The number of hydrogen-bond acceptors (Lipinski definition) is 7. The van der Waals surface area contributed by atoms with Gasteiger partial charge in [-0.1, -0.05) is 61.8 Å². The fourth-order valence-corrected chi connectivity index (χ4v) is 6.08. The van der Waals surface area contributed by atoms with Crippen molar-refractivity contribution < 1.29 is 19.0 Å². The number of fused-ring (bicyclic) bond motifs is 4. The average Bonchev–Trinajstić information content (AvgIpc) is 3.51. The standard InChI is InChI=1S/C30H28ClN3O4S/c1-18(2)17-37-26-11-9-19(13-27(26)36-3)14-28-30(32-29(35)39-28)34-24(22-15-21(31)10-12-25(22)38-30)16-23(33-34)20-7-5-4-6-8-20/h4-15,18,24H,16-17H2,1-3H3,(H,32,35)/b28-14-. The number of carbonyl (C=O) groups is 1. The van der Waals surface area contributed by atoms with Gasteiger partial charge in [0.1, 0.15) is 5.75 Å².